The molecule has 2 aromatic heterocycles. The van der Waals surface area contributed by atoms with Crippen LogP contribution in [0.1, 0.15) is 17.0 Å². The van der Waals surface area contributed by atoms with Crippen LogP contribution < -0.4 is 0 Å². The van der Waals surface area contributed by atoms with Crippen LogP contribution in [0.2, 0.25) is 0 Å². The lowest BCUT2D eigenvalue weighted by Gasteiger charge is -2.23. The number of ether oxygens (including phenoxy) is 1. The maximum atomic E-state index is 12.6. The molecule has 2 aromatic rings. The van der Waals surface area contributed by atoms with Crippen LogP contribution in [-0.2, 0) is 22.6 Å². The molecule has 0 spiro atoms. The summed E-state index contributed by atoms with van der Waals surface area (Å²) in [5.74, 6) is 0.498. The van der Waals surface area contributed by atoms with Gasteiger partial charge >= 0.3 is 0 Å². The number of methoxy groups -OCH3 is 1. The van der Waals surface area contributed by atoms with Crippen LogP contribution in [0.4, 0.5) is 0 Å². The minimum absolute atomic E-state index is 0.0791. The van der Waals surface area contributed by atoms with Crippen molar-refractivity contribution in [1.82, 2.24) is 9.47 Å². The average molecular weight is 330 g/mol. The van der Waals surface area contributed by atoms with Crippen LogP contribution in [0.15, 0.2) is 41.9 Å². The number of carbonyl (C=O) groups excluding carboxylic acids is 1. The zero-order chi connectivity index (χ0) is 16.1. The summed E-state index contributed by atoms with van der Waals surface area (Å²) in [5.41, 5.74) is 1.20. The van der Waals surface area contributed by atoms with Gasteiger partial charge in [-0.15, -0.1) is 11.3 Å². The molecule has 0 N–H and O–H groups in total. The van der Waals surface area contributed by atoms with Crippen molar-refractivity contribution in [1.29, 1.82) is 0 Å². The fourth-order valence-electron chi connectivity index (χ4n) is 2.96. The molecular formula is C18H22N2O2S. The lowest BCUT2D eigenvalue weighted by atomic mass is 10.1. The van der Waals surface area contributed by atoms with Gasteiger partial charge in [-0.25, -0.2) is 0 Å². The number of carbonyl (C=O) groups is 1. The van der Waals surface area contributed by atoms with E-state index in [-0.39, 0.29) is 5.91 Å². The highest BCUT2D eigenvalue weighted by Crippen LogP contribution is 2.20. The van der Waals surface area contributed by atoms with E-state index in [0.717, 1.165) is 31.0 Å². The fourth-order valence-corrected chi connectivity index (χ4v) is 3.58. The van der Waals surface area contributed by atoms with Crippen LogP contribution in [0.25, 0.3) is 6.08 Å². The van der Waals surface area contributed by atoms with Crippen molar-refractivity contribution >= 4 is 23.3 Å². The summed E-state index contributed by atoms with van der Waals surface area (Å²) in [6.45, 7) is 3.13. The summed E-state index contributed by atoms with van der Waals surface area (Å²) in [4.78, 5) is 15.7. The quantitative estimate of drug-likeness (QED) is 0.789. The van der Waals surface area contributed by atoms with Gasteiger partial charge in [0.05, 0.1) is 6.54 Å². The van der Waals surface area contributed by atoms with Crippen molar-refractivity contribution < 1.29 is 9.53 Å². The van der Waals surface area contributed by atoms with Gasteiger partial charge in [-0.05, 0) is 42.0 Å². The predicted molar refractivity (Wildman–Crippen MR) is 93.2 cm³/mol. The van der Waals surface area contributed by atoms with Crippen molar-refractivity contribution in [2.45, 2.75) is 19.5 Å². The monoisotopic (exact) mass is 330 g/mol. The van der Waals surface area contributed by atoms with Crippen LogP contribution in [0.3, 0.4) is 0 Å². The lowest BCUT2D eigenvalue weighted by Crippen LogP contribution is -2.33. The Morgan fingerprint density at radius 3 is 3.09 bits per heavy atom. The minimum Gasteiger partial charge on any atom is -0.385 e. The molecule has 3 heterocycles. The number of hydrogen-bond acceptors (Lipinski definition) is 3. The van der Waals surface area contributed by atoms with Gasteiger partial charge in [-0.3, -0.25) is 4.79 Å². The molecule has 0 saturated carbocycles. The van der Waals surface area contributed by atoms with E-state index in [2.05, 4.69) is 22.9 Å². The highest BCUT2D eigenvalue weighted by molar-refractivity contribution is 7.10. The summed E-state index contributed by atoms with van der Waals surface area (Å²) in [5, 5.41) is 2.02. The topological polar surface area (TPSA) is 34.5 Å². The van der Waals surface area contributed by atoms with Crippen molar-refractivity contribution in [3.63, 3.8) is 0 Å². The first-order valence-corrected chi connectivity index (χ1v) is 8.77. The Bertz CT molecular complexity index is 660. The van der Waals surface area contributed by atoms with Gasteiger partial charge in [0.15, 0.2) is 0 Å². The zero-order valence-corrected chi connectivity index (χ0v) is 14.2. The third-order valence-corrected chi connectivity index (χ3v) is 5.02. The van der Waals surface area contributed by atoms with Gasteiger partial charge < -0.3 is 14.2 Å². The van der Waals surface area contributed by atoms with E-state index in [4.69, 9.17) is 4.74 Å². The molecule has 0 radical (unpaired) electrons. The van der Waals surface area contributed by atoms with Crippen LogP contribution in [-0.4, -0.2) is 35.6 Å². The number of amides is 1. The maximum absolute atomic E-state index is 12.6. The van der Waals surface area contributed by atoms with Gasteiger partial charge in [-0.1, -0.05) is 6.07 Å². The molecule has 0 aliphatic carbocycles. The largest absolute Gasteiger partial charge is 0.385 e. The molecule has 1 atom stereocenters. The van der Waals surface area contributed by atoms with Crippen molar-refractivity contribution in [3.05, 3.63) is 52.5 Å². The number of hydrogen-bond donors (Lipinski definition) is 0. The molecule has 3 rings (SSSR count). The van der Waals surface area contributed by atoms with E-state index in [1.54, 1.807) is 24.5 Å². The average Bonchev–Trinajstić information content (AvgIpc) is 3.19. The van der Waals surface area contributed by atoms with E-state index in [1.165, 1.54) is 5.69 Å². The van der Waals surface area contributed by atoms with Gasteiger partial charge in [0.25, 0.3) is 0 Å². The molecule has 4 nitrogen and oxygen atoms in total. The summed E-state index contributed by atoms with van der Waals surface area (Å²) in [7, 11) is 1.73. The molecule has 122 valence electrons. The Balaban J connectivity index is 1.73. The molecule has 0 saturated heterocycles. The van der Waals surface area contributed by atoms with E-state index in [0.29, 0.717) is 12.5 Å². The Morgan fingerprint density at radius 2 is 2.30 bits per heavy atom. The van der Waals surface area contributed by atoms with E-state index >= 15 is 0 Å². The van der Waals surface area contributed by atoms with Gasteiger partial charge in [0, 0.05) is 49.7 Å². The summed E-state index contributed by atoms with van der Waals surface area (Å²) in [6, 6.07) is 8.16. The molecular weight excluding hydrogens is 308 g/mol. The van der Waals surface area contributed by atoms with Crippen molar-refractivity contribution in [2.24, 2.45) is 5.92 Å². The first-order valence-electron chi connectivity index (χ1n) is 7.89. The maximum Gasteiger partial charge on any atom is 0.246 e. The number of nitrogens with zero attached hydrogens (tertiary/aromatic N) is 2. The Labute approximate surface area is 141 Å². The Hall–Kier alpha value is -1.85. The van der Waals surface area contributed by atoms with Gasteiger partial charge in [0.1, 0.15) is 0 Å². The predicted octanol–water partition coefficient (Wildman–Crippen LogP) is 3.26. The molecule has 1 aliphatic rings. The summed E-state index contributed by atoms with van der Waals surface area (Å²) in [6.07, 6.45) is 6.66. The second kappa shape index (κ2) is 7.62. The second-order valence-corrected chi connectivity index (χ2v) is 6.85. The molecule has 0 fully saturated rings. The number of fused-ring (bicyclic) bond motifs is 1. The molecule has 0 unspecified atom stereocenters. The van der Waals surface area contributed by atoms with Crippen molar-refractivity contribution in [3.8, 4) is 0 Å². The number of rotatable bonds is 5. The third kappa shape index (κ3) is 4.12. The van der Waals surface area contributed by atoms with Gasteiger partial charge in [-0.2, -0.15) is 0 Å². The normalized spacial score (nSPS) is 18.1. The summed E-state index contributed by atoms with van der Waals surface area (Å²) >= 11 is 1.64. The van der Waals surface area contributed by atoms with E-state index in [1.807, 2.05) is 28.5 Å². The first kappa shape index (κ1) is 16.0. The number of thiophene rings is 1. The van der Waals surface area contributed by atoms with E-state index in [9.17, 15) is 4.79 Å². The molecule has 0 bridgehead atoms. The van der Waals surface area contributed by atoms with Crippen LogP contribution in [0, 0.1) is 5.92 Å². The number of aromatic nitrogens is 1. The lowest BCUT2D eigenvalue weighted by molar-refractivity contribution is -0.127. The van der Waals surface area contributed by atoms with Crippen molar-refractivity contribution in [2.75, 3.05) is 20.3 Å². The smallest absolute Gasteiger partial charge is 0.246 e. The molecule has 0 aromatic carbocycles. The first-order chi connectivity index (χ1) is 11.3. The molecule has 1 amide bonds. The van der Waals surface area contributed by atoms with Crippen LogP contribution in [0.5, 0.6) is 0 Å². The van der Waals surface area contributed by atoms with Gasteiger partial charge in [0.2, 0.25) is 5.91 Å². The van der Waals surface area contributed by atoms with Crippen LogP contribution >= 0.6 is 11.3 Å². The Morgan fingerprint density at radius 1 is 1.39 bits per heavy atom. The SMILES string of the molecule is COCC[C@H]1CN(C(=O)/C=C/c2cccs2)Cc2cccn2C1. The summed E-state index contributed by atoms with van der Waals surface area (Å²) < 4.78 is 7.48. The minimum atomic E-state index is 0.0791. The second-order valence-electron chi connectivity index (χ2n) is 5.87. The highest BCUT2D eigenvalue weighted by Gasteiger charge is 2.23. The standard InChI is InChI=1S/C18H22N2O2S/c1-22-10-8-15-12-19-9-2-4-16(19)14-20(13-15)18(21)7-6-17-5-3-11-23-17/h2-7,9,11,15H,8,10,12-14H2,1H3/b7-6+/t15-/m1/s1. The third-order valence-electron chi connectivity index (χ3n) is 4.19. The fraction of sp³-hybridized carbons (Fsp3) is 0.389. The zero-order valence-electron chi connectivity index (χ0n) is 13.4. The molecule has 1 aliphatic heterocycles. The molecule has 23 heavy (non-hydrogen) atoms. The Kier molecular flexibility index (Phi) is 5.31. The van der Waals surface area contributed by atoms with E-state index < -0.39 is 0 Å². The molecule has 5 heteroatoms. The highest BCUT2D eigenvalue weighted by atomic mass is 32.1.